The van der Waals surface area contributed by atoms with Crippen LogP contribution in [0.5, 0.6) is 11.5 Å². The van der Waals surface area contributed by atoms with E-state index >= 15 is 0 Å². The topological polar surface area (TPSA) is 54.9 Å². The summed E-state index contributed by atoms with van der Waals surface area (Å²) in [5.41, 5.74) is 4.21. The molecule has 0 bridgehead atoms. The van der Waals surface area contributed by atoms with Gasteiger partial charge in [-0.3, -0.25) is 4.79 Å². The molecule has 0 unspecified atom stereocenters. The Morgan fingerprint density at radius 3 is 2.41 bits per heavy atom. The summed E-state index contributed by atoms with van der Waals surface area (Å²) < 4.78 is 11.8. The van der Waals surface area contributed by atoms with Gasteiger partial charge in [-0.25, -0.2) is 4.98 Å². The van der Waals surface area contributed by atoms with Crippen LogP contribution in [0.1, 0.15) is 21.5 Å². The number of carbonyl (C=O) groups excluding carboxylic acids is 1. The van der Waals surface area contributed by atoms with Crippen LogP contribution < -0.4 is 14.4 Å². The lowest BCUT2D eigenvalue weighted by molar-refractivity contribution is 0.0746. The van der Waals surface area contributed by atoms with Crippen molar-refractivity contribution < 1.29 is 14.3 Å². The molecule has 3 aromatic rings. The lowest BCUT2D eigenvalue weighted by Gasteiger charge is -2.34. The predicted molar refractivity (Wildman–Crippen MR) is 117 cm³/mol. The van der Waals surface area contributed by atoms with E-state index < -0.39 is 0 Å². The van der Waals surface area contributed by atoms with Gasteiger partial charge in [0.25, 0.3) is 5.91 Å². The fourth-order valence-electron chi connectivity index (χ4n) is 3.60. The van der Waals surface area contributed by atoms with Crippen molar-refractivity contribution in [2.24, 2.45) is 0 Å². The van der Waals surface area contributed by atoms with E-state index in [1.54, 1.807) is 43.8 Å². The van der Waals surface area contributed by atoms with Gasteiger partial charge in [-0.2, -0.15) is 0 Å². The average Bonchev–Trinajstić information content (AvgIpc) is 3.20. The van der Waals surface area contributed by atoms with Gasteiger partial charge in [0.15, 0.2) is 16.6 Å². The number of thiazole rings is 1. The lowest BCUT2D eigenvalue weighted by atomic mass is 10.1. The molecule has 0 N–H and O–H groups in total. The van der Waals surface area contributed by atoms with E-state index in [1.807, 2.05) is 4.90 Å². The van der Waals surface area contributed by atoms with Gasteiger partial charge in [-0.05, 0) is 49.2 Å². The molecule has 0 spiro atoms. The molecule has 0 saturated carbocycles. The quantitative estimate of drug-likeness (QED) is 0.652. The molecule has 1 aliphatic rings. The van der Waals surface area contributed by atoms with Crippen molar-refractivity contribution >= 4 is 32.6 Å². The van der Waals surface area contributed by atoms with E-state index in [-0.39, 0.29) is 5.91 Å². The van der Waals surface area contributed by atoms with Crippen molar-refractivity contribution in [2.75, 3.05) is 45.3 Å². The predicted octanol–water partition coefficient (Wildman–Crippen LogP) is 3.89. The van der Waals surface area contributed by atoms with E-state index in [2.05, 4.69) is 30.9 Å². The molecule has 4 rings (SSSR count). The fourth-order valence-corrected chi connectivity index (χ4v) is 4.68. The highest BCUT2D eigenvalue weighted by molar-refractivity contribution is 7.22. The maximum Gasteiger partial charge on any atom is 0.254 e. The number of methoxy groups -OCH3 is 2. The van der Waals surface area contributed by atoms with E-state index in [0.29, 0.717) is 30.2 Å². The number of carbonyl (C=O) groups is 1. The summed E-state index contributed by atoms with van der Waals surface area (Å²) in [7, 11) is 3.16. The van der Waals surface area contributed by atoms with Crippen LogP contribution >= 0.6 is 11.3 Å². The normalized spacial score (nSPS) is 14.3. The molecule has 2 aromatic carbocycles. The molecule has 1 aliphatic heterocycles. The molecule has 1 saturated heterocycles. The number of anilines is 1. The van der Waals surface area contributed by atoms with Gasteiger partial charge in [0.2, 0.25) is 0 Å². The summed E-state index contributed by atoms with van der Waals surface area (Å²) >= 11 is 1.72. The van der Waals surface area contributed by atoms with Crippen molar-refractivity contribution in [3.8, 4) is 11.5 Å². The summed E-state index contributed by atoms with van der Waals surface area (Å²) in [6.45, 7) is 7.13. The number of benzene rings is 2. The second kappa shape index (κ2) is 7.91. The molecule has 1 amide bonds. The molecular weight excluding hydrogens is 386 g/mol. The molecule has 29 heavy (non-hydrogen) atoms. The van der Waals surface area contributed by atoms with Crippen LogP contribution in [0.25, 0.3) is 10.2 Å². The number of amides is 1. The first-order valence-electron chi connectivity index (χ1n) is 9.65. The first-order valence-corrected chi connectivity index (χ1v) is 10.5. The number of hydrogen-bond donors (Lipinski definition) is 0. The second-order valence-corrected chi connectivity index (χ2v) is 8.21. The Morgan fingerprint density at radius 1 is 1.00 bits per heavy atom. The number of hydrogen-bond acceptors (Lipinski definition) is 6. The Kier molecular flexibility index (Phi) is 5.32. The van der Waals surface area contributed by atoms with Crippen LogP contribution in [0, 0.1) is 13.8 Å². The van der Waals surface area contributed by atoms with Crippen molar-refractivity contribution in [3.63, 3.8) is 0 Å². The minimum atomic E-state index is 0.0152. The molecule has 7 heteroatoms. The molecule has 0 radical (unpaired) electrons. The van der Waals surface area contributed by atoms with Crippen LogP contribution in [-0.4, -0.2) is 56.2 Å². The van der Waals surface area contributed by atoms with Gasteiger partial charge in [0.1, 0.15) is 0 Å². The number of piperazine rings is 1. The SMILES string of the molecule is COc1ccc(C(=O)N2CCN(c3nc4c(C)c(C)ccc4s3)CC2)cc1OC. The number of fused-ring (bicyclic) bond motifs is 1. The third-order valence-electron chi connectivity index (χ3n) is 5.54. The summed E-state index contributed by atoms with van der Waals surface area (Å²) in [6.07, 6.45) is 0. The Hall–Kier alpha value is -2.80. The monoisotopic (exact) mass is 411 g/mol. The second-order valence-electron chi connectivity index (χ2n) is 7.20. The standard InChI is InChI=1S/C22H25N3O3S/c1-14-5-8-19-20(15(14)2)23-22(29-19)25-11-9-24(10-12-25)21(26)16-6-7-17(27-3)18(13-16)28-4/h5-8,13H,9-12H2,1-4H3. The van der Waals surface area contributed by atoms with Crippen molar-refractivity contribution in [3.05, 3.63) is 47.0 Å². The summed E-state index contributed by atoms with van der Waals surface area (Å²) in [5, 5.41) is 1.03. The van der Waals surface area contributed by atoms with Crippen LogP contribution in [-0.2, 0) is 0 Å². The fraction of sp³-hybridized carbons (Fsp3) is 0.364. The highest BCUT2D eigenvalue weighted by atomic mass is 32.1. The number of aryl methyl sites for hydroxylation is 2. The van der Waals surface area contributed by atoms with E-state index in [4.69, 9.17) is 14.5 Å². The van der Waals surface area contributed by atoms with E-state index in [9.17, 15) is 4.79 Å². The van der Waals surface area contributed by atoms with Gasteiger partial charge >= 0.3 is 0 Å². The van der Waals surface area contributed by atoms with Gasteiger partial charge < -0.3 is 19.3 Å². The minimum Gasteiger partial charge on any atom is -0.493 e. The van der Waals surface area contributed by atoms with E-state index in [0.717, 1.165) is 23.7 Å². The molecule has 2 heterocycles. The molecule has 152 valence electrons. The first kappa shape index (κ1) is 19.5. The summed E-state index contributed by atoms with van der Waals surface area (Å²) in [4.78, 5) is 22.0. The number of aromatic nitrogens is 1. The molecule has 1 aromatic heterocycles. The first-order chi connectivity index (χ1) is 14.0. The summed E-state index contributed by atoms with van der Waals surface area (Å²) in [5.74, 6) is 1.20. The van der Waals surface area contributed by atoms with Crippen molar-refractivity contribution in [1.82, 2.24) is 9.88 Å². The minimum absolute atomic E-state index is 0.0152. The van der Waals surface area contributed by atoms with Crippen molar-refractivity contribution in [2.45, 2.75) is 13.8 Å². The highest BCUT2D eigenvalue weighted by Gasteiger charge is 2.25. The van der Waals surface area contributed by atoms with Crippen LogP contribution in [0.15, 0.2) is 30.3 Å². The van der Waals surface area contributed by atoms with Crippen molar-refractivity contribution in [1.29, 1.82) is 0 Å². The third kappa shape index (κ3) is 3.62. The largest absolute Gasteiger partial charge is 0.493 e. The Morgan fingerprint density at radius 2 is 1.72 bits per heavy atom. The maximum atomic E-state index is 12.9. The van der Waals surface area contributed by atoms with Crippen LogP contribution in [0.2, 0.25) is 0 Å². The molecule has 0 atom stereocenters. The number of rotatable bonds is 4. The Labute approximate surface area is 174 Å². The van der Waals surface area contributed by atoms with Crippen LogP contribution in [0.4, 0.5) is 5.13 Å². The smallest absolute Gasteiger partial charge is 0.254 e. The zero-order chi connectivity index (χ0) is 20.5. The Bertz CT molecular complexity index is 1050. The van der Waals surface area contributed by atoms with Crippen LogP contribution in [0.3, 0.4) is 0 Å². The molecule has 6 nitrogen and oxygen atoms in total. The van der Waals surface area contributed by atoms with Gasteiger partial charge in [-0.1, -0.05) is 17.4 Å². The van der Waals surface area contributed by atoms with E-state index in [1.165, 1.54) is 15.8 Å². The lowest BCUT2D eigenvalue weighted by Crippen LogP contribution is -2.48. The average molecular weight is 412 g/mol. The molecular formula is C22H25N3O3S. The molecule has 0 aliphatic carbocycles. The maximum absolute atomic E-state index is 12.9. The number of ether oxygens (including phenoxy) is 2. The highest BCUT2D eigenvalue weighted by Crippen LogP contribution is 2.33. The van der Waals surface area contributed by atoms with Gasteiger partial charge in [-0.15, -0.1) is 0 Å². The number of nitrogens with zero attached hydrogens (tertiary/aromatic N) is 3. The Balaban J connectivity index is 1.47. The zero-order valence-electron chi connectivity index (χ0n) is 17.2. The summed E-state index contributed by atoms with van der Waals surface area (Å²) in [6, 6.07) is 9.60. The third-order valence-corrected chi connectivity index (χ3v) is 6.62. The van der Waals surface area contributed by atoms with Gasteiger partial charge in [0, 0.05) is 31.7 Å². The zero-order valence-corrected chi connectivity index (χ0v) is 18.0. The van der Waals surface area contributed by atoms with Gasteiger partial charge in [0.05, 0.1) is 24.4 Å². The molecule has 1 fully saturated rings.